The normalized spacial score (nSPS) is 13.3. The first-order valence-electron chi connectivity index (χ1n) is 4.42. The predicted molar refractivity (Wildman–Crippen MR) is 58.1 cm³/mol. The number of para-hydroxylation sites is 1. The van der Waals surface area contributed by atoms with Gasteiger partial charge in [0.25, 0.3) is 5.91 Å². The van der Waals surface area contributed by atoms with Gasteiger partial charge in [0.15, 0.2) is 0 Å². The average Bonchev–Trinajstić information content (AvgIpc) is 2.50. The quantitative estimate of drug-likeness (QED) is 0.349. The molecule has 76 valence electrons. The van der Waals surface area contributed by atoms with Gasteiger partial charge in [0.2, 0.25) is 0 Å². The van der Waals surface area contributed by atoms with E-state index in [0.717, 1.165) is 11.3 Å². The molecule has 1 aliphatic rings. The number of aliphatic imine (C=N–C) groups is 1. The van der Waals surface area contributed by atoms with Gasteiger partial charge in [-0.15, -0.1) is 0 Å². The fourth-order valence-corrected chi connectivity index (χ4v) is 1.26. The molecular weight excluding hydrogens is 192 g/mol. The van der Waals surface area contributed by atoms with Crippen molar-refractivity contribution >= 4 is 17.8 Å². The second kappa shape index (κ2) is 3.93. The maximum Gasteiger partial charge on any atom is 0.285 e. The van der Waals surface area contributed by atoms with E-state index in [9.17, 15) is 4.79 Å². The van der Waals surface area contributed by atoms with Crippen molar-refractivity contribution in [1.29, 1.82) is 0 Å². The highest BCUT2D eigenvalue weighted by atomic mass is 16.2. The lowest BCUT2D eigenvalue weighted by molar-refractivity contribution is -0.117. The molecule has 1 heterocycles. The molecule has 0 aliphatic carbocycles. The Morgan fingerprint density at radius 1 is 1.40 bits per heavy atom. The Morgan fingerprint density at radius 2 is 2.20 bits per heavy atom. The fourth-order valence-electron chi connectivity index (χ4n) is 1.26. The molecule has 0 aromatic heterocycles. The second-order valence-corrected chi connectivity index (χ2v) is 2.99. The summed E-state index contributed by atoms with van der Waals surface area (Å²) in [5.74, 6) is 4.59. The van der Waals surface area contributed by atoms with E-state index in [2.05, 4.69) is 10.3 Å². The number of hydrazine groups is 1. The van der Waals surface area contributed by atoms with Crippen molar-refractivity contribution in [2.75, 3.05) is 5.32 Å². The van der Waals surface area contributed by atoms with Crippen molar-refractivity contribution in [3.05, 3.63) is 41.7 Å². The summed E-state index contributed by atoms with van der Waals surface area (Å²) in [4.78, 5) is 15.2. The molecule has 1 aromatic carbocycles. The Morgan fingerprint density at radius 3 is 3.00 bits per heavy atom. The summed E-state index contributed by atoms with van der Waals surface area (Å²) < 4.78 is 0. The minimum absolute atomic E-state index is 0.244. The molecular formula is C10H10N4O. The summed E-state index contributed by atoms with van der Waals surface area (Å²) >= 11 is 0. The van der Waals surface area contributed by atoms with Crippen molar-refractivity contribution in [1.82, 2.24) is 5.43 Å². The van der Waals surface area contributed by atoms with Crippen LogP contribution in [-0.4, -0.2) is 12.1 Å². The molecule has 1 aliphatic heterocycles. The Bertz CT molecular complexity index is 450. The van der Waals surface area contributed by atoms with E-state index in [1.54, 1.807) is 6.21 Å². The number of amides is 1. The molecule has 0 bridgehead atoms. The smallest absolute Gasteiger partial charge is 0.285 e. The highest BCUT2D eigenvalue weighted by molar-refractivity contribution is 5.98. The Kier molecular flexibility index (Phi) is 2.47. The SMILES string of the molecule is NNC(=O)C1=CNc2ccccc2C=N1. The lowest BCUT2D eigenvalue weighted by Gasteiger charge is -2.01. The number of carbonyl (C=O) groups excluding carboxylic acids is 1. The predicted octanol–water partition coefficient (Wildman–Crippen LogP) is 0.362. The number of nitrogens with two attached hydrogens (primary N) is 1. The van der Waals surface area contributed by atoms with E-state index >= 15 is 0 Å². The number of hydrogen-bond acceptors (Lipinski definition) is 4. The molecule has 1 aromatic rings. The van der Waals surface area contributed by atoms with Crippen LogP contribution < -0.4 is 16.6 Å². The van der Waals surface area contributed by atoms with Gasteiger partial charge in [0.1, 0.15) is 5.70 Å². The maximum absolute atomic E-state index is 11.2. The van der Waals surface area contributed by atoms with Gasteiger partial charge in [0.05, 0.1) is 0 Å². The molecule has 0 saturated heterocycles. The number of nitrogens with zero attached hydrogens (tertiary/aromatic N) is 1. The fraction of sp³-hybridized carbons (Fsp3) is 0. The minimum Gasteiger partial charge on any atom is -0.359 e. The van der Waals surface area contributed by atoms with Gasteiger partial charge in [0, 0.05) is 23.7 Å². The Hall–Kier alpha value is -2.14. The van der Waals surface area contributed by atoms with Crippen molar-refractivity contribution in [3.8, 4) is 0 Å². The highest BCUT2D eigenvalue weighted by Crippen LogP contribution is 2.16. The summed E-state index contributed by atoms with van der Waals surface area (Å²) in [6.07, 6.45) is 3.14. The van der Waals surface area contributed by atoms with E-state index in [0.29, 0.717) is 0 Å². The van der Waals surface area contributed by atoms with Crippen LogP contribution in [0.5, 0.6) is 0 Å². The van der Waals surface area contributed by atoms with E-state index in [1.165, 1.54) is 6.20 Å². The highest BCUT2D eigenvalue weighted by Gasteiger charge is 2.09. The first kappa shape index (κ1) is 9.42. The maximum atomic E-state index is 11.2. The van der Waals surface area contributed by atoms with Crippen molar-refractivity contribution in [2.24, 2.45) is 10.8 Å². The zero-order valence-electron chi connectivity index (χ0n) is 7.90. The number of hydrogen-bond donors (Lipinski definition) is 3. The molecule has 0 saturated carbocycles. The van der Waals surface area contributed by atoms with Gasteiger partial charge in [-0.25, -0.2) is 10.8 Å². The van der Waals surface area contributed by atoms with Gasteiger partial charge in [-0.1, -0.05) is 18.2 Å². The minimum atomic E-state index is -0.424. The second-order valence-electron chi connectivity index (χ2n) is 2.99. The molecule has 5 heteroatoms. The van der Waals surface area contributed by atoms with Crippen LogP contribution in [0, 0.1) is 0 Å². The van der Waals surface area contributed by atoms with Crippen LogP contribution in [0.3, 0.4) is 0 Å². The summed E-state index contributed by atoms with van der Waals surface area (Å²) in [6.45, 7) is 0. The van der Waals surface area contributed by atoms with Crippen LogP contribution in [-0.2, 0) is 4.79 Å². The van der Waals surface area contributed by atoms with E-state index in [4.69, 9.17) is 5.84 Å². The zero-order chi connectivity index (χ0) is 10.7. The summed E-state index contributed by atoms with van der Waals surface area (Å²) in [5.41, 5.74) is 4.10. The summed E-state index contributed by atoms with van der Waals surface area (Å²) in [6, 6.07) is 7.62. The van der Waals surface area contributed by atoms with Crippen molar-refractivity contribution in [2.45, 2.75) is 0 Å². The lowest BCUT2D eigenvalue weighted by Crippen LogP contribution is -2.31. The average molecular weight is 202 g/mol. The number of nitrogens with one attached hydrogen (secondary N) is 2. The third-order valence-electron chi connectivity index (χ3n) is 2.03. The van der Waals surface area contributed by atoms with Crippen LogP contribution in [0.2, 0.25) is 0 Å². The molecule has 0 atom stereocenters. The van der Waals surface area contributed by atoms with E-state index in [-0.39, 0.29) is 5.70 Å². The lowest BCUT2D eigenvalue weighted by atomic mass is 10.2. The van der Waals surface area contributed by atoms with Gasteiger partial charge >= 0.3 is 0 Å². The summed E-state index contributed by atoms with van der Waals surface area (Å²) in [7, 11) is 0. The standard InChI is InChI=1S/C10H10N4O/c11-14-10(15)9-6-13-8-4-2-1-3-7(8)5-12-9/h1-6,13H,11H2,(H,14,15). The monoisotopic (exact) mass is 202 g/mol. The van der Waals surface area contributed by atoms with Crippen molar-refractivity contribution in [3.63, 3.8) is 0 Å². The number of benzene rings is 1. The molecule has 5 nitrogen and oxygen atoms in total. The summed E-state index contributed by atoms with van der Waals surface area (Å²) in [5, 5.41) is 2.99. The van der Waals surface area contributed by atoms with Crippen LogP contribution in [0.15, 0.2) is 41.2 Å². The number of fused-ring (bicyclic) bond motifs is 1. The molecule has 0 fully saturated rings. The van der Waals surface area contributed by atoms with Gasteiger partial charge in [-0.2, -0.15) is 0 Å². The van der Waals surface area contributed by atoms with Crippen LogP contribution in [0.25, 0.3) is 0 Å². The molecule has 0 spiro atoms. The Balaban J connectivity index is 2.33. The molecule has 1 amide bonds. The number of carbonyl (C=O) groups is 1. The third kappa shape index (κ3) is 1.87. The molecule has 4 N–H and O–H groups in total. The van der Waals surface area contributed by atoms with Crippen molar-refractivity contribution < 1.29 is 4.79 Å². The van der Waals surface area contributed by atoms with Gasteiger partial charge in [-0.05, 0) is 6.07 Å². The number of rotatable bonds is 1. The Labute approximate surface area is 86.7 Å². The van der Waals surface area contributed by atoms with Gasteiger partial charge in [-0.3, -0.25) is 10.2 Å². The largest absolute Gasteiger partial charge is 0.359 e. The first-order valence-corrected chi connectivity index (χ1v) is 4.42. The number of anilines is 1. The third-order valence-corrected chi connectivity index (χ3v) is 2.03. The molecule has 2 rings (SSSR count). The zero-order valence-corrected chi connectivity index (χ0v) is 7.90. The van der Waals surface area contributed by atoms with E-state index in [1.807, 2.05) is 29.7 Å². The molecule has 0 radical (unpaired) electrons. The van der Waals surface area contributed by atoms with Gasteiger partial charge < -0.3 is 5.32 Å². The van der Waals surface area contributed by atoms with Crippen LogP contribution in [0.4, 0.5) is 5.69 Å². The topological polar surface area (TPSA) is 79.5 Å². The van der Waals surface area contributed by atoms with E-state index < -0.39 is 5.91 Å². The van der Waals surface area contributed by atoms with Crippen LogP contribution in [0.1, 0.15) is 5.56 Å². The molecule has 0 unspecified atom stereocenters. The molecule has 15 heavy (non-hydrogen) atoms. The van der Waals surface area contributed by atoms with Crippen LogP contribution >= 0.6 is 0 Å². The first-order chi connectivity index (χ1) is 7.31.